The van der Waals surface area contributed by atoms with Gasteiger partial charge in [-0.25, -0.2) is 9.78 Å². The lowest BCUT2D eigenvalue weighted by molar-refractivity contribution is -0.145. The van der Waals surface area contributed by atoms with Crippen molar-refractivity contribution >= 4 is 22.8 Å². The molecule has 1 aliphatic carbocycles. The Morgan fingerprint density at radius 3 is 2.92 bits per heavy atom. The van der Waals surface area contributed by atoms with Gasteiger partial charge in [-0.2, -0.15) is 0 Å². The van der Waals surface area contributed by atoms with Gasteiger partial charge in [0.15, 0.2) is 0 Å². The number of rotatable bonds is 5. The van der Waals surface area contributed by atoms with Crippen LogP contribution in [0.4, 0.5) is 0 Å². The first-order chi connectivity index (χ1) is 12.1. The number of benzene rings is 1. The predicted octanol–water partition coefficient (Wildman–Crippen LogP) is 2.11. The van der Waals surface area contributed by atoms with Gasteiger partial charge in [0, 0.05) is 0 Å². The molecule has 0 saturated carbocycles. The topological polar surface area (TPSA) is 98.4 Å². The summed E-state index contributed by atoms with van der Waals surface area (Å²) in [6.45, 7) is -0.122. The summed E-state index contributed by atoms with van der Waals surface area (Å²) >= 11 is 0. The molecule has 2 aromatic rings. The highest BCUT2D eigenvalue weighted by atomic mass is 16.5. The maximum absolute atomic E-state index is 12.1. The number of fused-ring (bicyclic) bond motifs is 1. The third-order valence-corrected chi connectivity index (χ3v) is 4.09. The average molecular weight is 342 g/mol. The fourth-order valence-electron chi connectivity index (χ4n) is 2.79. The van der Waals surface area contributed by atoms with E-state index in [2.05, 4.69) is 20.8 Å². The first kappa shape index (κ1) is 16.9. The lowest BCUT2D eigenvalue weighted by atomic mass is 10.1. The number of aromatic amines is 1. The summed E-state index contributed by atoms with van der Waals surface area (Å²) in [6.07, 6.45) is 6.34. The molecule has 0 saturated heterocycles. The summed E-state index contributed by atoms with van der Waals surface area (Å²) < 4.78 is 9.86. The van der Waals surface area contributed by atoms with E-state index < -0.39 is 5.97 Å². The monoisotopic (exact) mass is 342 g/mol. The van der Waals surface area contributed by atoms with E-state index in [1.807, 2.05) is 6.08 Å². The molecule has 1 heterocycles. The van der Waals surface area contributed by atoms with Crippen molar-refractivity contribution < 1.29 is 19.1 Å². The number of esters is 2. The molecule has 1 aromatic carbocycles. The van der Waals surface area contributed by atoms with Crippen molar-refractivity contribution in [3.05, 3.63) is 52.1 Å². The van der Waals surface area contributed by atoms with E-state index in [9.17, 15) is 14.4 Å². The second kappa shape index (κ2) is 7.29. The number of methoxy groups -OCH3 is 1. The molecule has 1 aromatic heterocycles. The molecule has 0 aliphatic heterocycles. The van der Waals surface area contributed by atoms with Crippen LogP contribution in [0, 0.1) is 5.92 Å². The van der Waals surface area contributed by atoms with Gasteiger partial charge < -0.3 is 14.5 Å². The van der Waals surface area contributed by atoms with Crippen LogP contribution in [0.2, 0.25) is 0 Å². The van der Waals surface area contributed by atoms with Gasteiger partial charge in [-0.3, -0.25) is 9.59 Å². The van der Waals surface area contributed by atoms with Gasteiger partial charge in [0.05, 0.1) is 30.0 Å². The lowest BCUT2D eigenvalue weighted by Gasteiger charge is -2.08. The summed E-state index contributed by atoms with van der Waals surface area (Å²) in [5, 5.41) is 0.346. The highest BCUT2D eigenvalue weighted by Gasteiger charge is 2.16. The Morgan fingerprint density at radius 1 is 1.36 bits per heavy atom. The van der Waals surface area contributed by atoms with E-state index >= 15 is 0 Å². The number of aromatic nitrogens is 2. The van der Waals surface area contributed by atoms with E-state index in [1.165, 1.54) is 25.3 Å². The largest absolute Gasteiger partial charge is 0.465 e. The first-order valence-corrected chi connectivity index (χ1v) is 8.00. The van der Waals surface area contributed by atoms with Gasteiger partial charge in [0.2, 0.25) is 0 Å². The Balaban J connectivity index is 1.74. The van der Waals surface area contributed by atoms with E-state index in [-0.39, 0.29) is 29.9 Å². The van der Waals surface area contributed by atoms with Gasteiger partial charge in [-0.05, 0) is 37.0 Å². The van der Waals surface area contributed by atoms with Crippen molar-refractivity contribution in [2.45, 2.75) is 25.9 Å². The number of allylic oxidation sites excluding steroid dienone is 2. The zero-order chi connectivity index (χ0) is 17.8. The molecule has 25 heavy (non-hydrogen) atoms. The highest BCUT2D eigenvalue weighted by Crippen LogP contribution is 2.20. The molecule has 0 bridgehead atoms. The number of H-pyrrole nitrogens is 1. The number of carbonyl (C=O) groups excluding carboxylic acids is 2. The molecule has 1 atom stereocenters. The summed E-state index contributed by atoms with van der Waals surface area (Å²) in [4.78, 5) is 42.4. The number of hydrogen-bond acceptors (Lipinski definition) is 6. The summed E-state index contributed by atoms with van der Waals surface area (Å²) in [6, 6.07) is 4.49. The van der Waals surface area contributed by atoms with E-state index in [0.29, 0.717) is 22.9 Å². The maximum Gasteiger partial charge on any atom is 0.337 e. The highest BCUT2D eigenvalue weighted by molar-refractivity contribution is 5.93. The van der Waals surface area contributed by atoms with Crippen LogP contribution in [0.25, 0.3) is 10.9 Å². The van der Waals surface area contributed by atoms with Gasteiger partial charge in [-0.15, -0.1) is 0 Å². The van der Waals surface area contributed by atoms with Crippen molar-refractivity contribution in [3.63, 3.8) is 0 Å². The van der Waals surface area contributed by atoms with Crippen LogP contribution in [-0.2, 0) is 20.9 Å². The van der Waals surface area contributed by atoms with Crippen LogP contribution in [-0.4, -0.2) is 29.0 Å². The minimum absolute atomic E-state index is 0.122. The van der Waals surface area contributed by atoms with Crippen LogP contribution in [0.5, 0.6) is 0 Å². The fourth-order valence-corrected chi connectivity index (χ4v) is 2.79. The zero-order valence-corrected chi connectivity index (χ0v) is 13.8. The normalized spacial score (nSPS) is 16.1. The van der Waals surface area contributed by atoms with Gasteiger partial charge in [0.1, 0.15) is 12.4 Å². The minimum Gasteiger partial charge on any atom is -0.465 e. The molecule has 0 fully saturated rings. The van der Waals surface area contributed by atoms with Crippen molar-refractivity contribution in [2.75, 3.05) is 7.11 Å². The molecule has 0 unspecified atom stereocenters. The van der Waals surface area contributed by atoms with Crippen molar-refractivity contribution in [3.8, 4) is 0 Å². The van der Waals surface area contributed by atoms with E-state index in [0.717, 1.165) is 12.8 Å². The van der Waals surface area contributed by atoms with Crippen LogP contribution < -0.4 is 5.56 Å². The quantitative estimate of drug-likeness (QED) is 0.660. The Kier molecular flexibility index (Phi) is 4.92. The van der Waals surface area contributed by atoms with Crippen LogP contribution in [0.15, 0.2) is 35.1 Å². The number of nitrogens with one attached hydrogen (secondary N) is 1. The standard InChI is InChI=1S/C18H18N2O5/c1-24-18(23)12-6-7-13-14(9-12)19-15(20-17(13)22)10-25-16(21)8-11-4-2-3-5-11/h2,4,6-7,9,11H,3,5,8,10H2,1H3,(H,19,20,22)/t11-/m0/s1. The third kappa shape index (κ3) is 3.93. The molecule has 7 heteroatoms. The average Bonchev–Trinajstić information content (AvgIpc) is 3.11. The maximum atomic E-state index is 12.1. The van der Waals surface area contributed by atoms with Gasteiger partial charge in [0.25, 0.3) is 5.56 Å². The first-order valence-electron chi connectivity index (χ1n) is 8.00. The van der Waals surface area contributed by atoms with Gasteiger partial charge in [-0.1, -0.05) is 12.2 Å². The molecular formula is C18H18N2O5. The van der Waals surface area contributed by atoms with E-state index in [4.69, 9.17) is 4.74 Å². The number of carbonyl (C=O) groups is 2. The molecule has 130 valence electrons. The molecule has 0 radical (unpaired) electrons. The van der Waals surface area contributed by atoms with Crippen LogP contribution >= 0.6 is 0 Å². The number of ether oxygens (including phenoxy) is 2. The zero-order valence-electron chi connectivity index (χ0n) is 13.8. The van der Waals surface area contributed by atoms with Crippen molar-refractivity contribution in [2.24, 2.45) is 5.92 Å². The summed E-state index contributed by atoms with van der Waals surface area (Å²) in [5.41, 5.74) is 0.284. The molecule has 0 spiro atoms. The van der Waals surface area contributed by atoms with Crippen molar-refractivity contribution in [1.82, 2.24) is 9.97 Å². The smallest absolute Gasteiger partial charge is 0.337 e. The molecule has 1 N–H and O–H groups in total. The summed E-state index contributed by atoms with van der Waals surface area (Å²) in [5.74, 6) is -0.391. The fraction of sp³-hybridized carbons (Fsp3) is 0.333. The molecule has 0 amide bonds. The van der Waals surface area contributed by atoms with Gasteiger partial charge >= 0.3 is 11.9 Å². The minimum atomic E-state index is -0.512. The SMILES string of the molecule is COC(=O)c1ccc2c(=O)[nH]c(COC(=O)C[C@H]3C=CCC3)nc2c1. The Hall–Kier alpha value is -2.96. The molecule has 1 aliphatic rings. The number of nitrogens with zero attached hydrogens (tertiary/aromatic N) is 1. The second-order valence-electron chi connectivity index (χ2n) is 5.87. The molecule has 7 nitrogen and oxygen atoms in total. The Morgan fingerprint density at radius 2 is 2.20 bits per heavy atom. The molecular weight excluding hydrogens is 324 g/mol. The van der Waals surface area contributed by atoms with E-state index in [1.54, 1.807) is 0 Å². The molecule has 3 rings (SSSR count). The number of hydrogen-bond donors (Lipinski definition) is 1. The Labute approximate surface area is 143 Å². The second-order valence-corrected chi connectivity index (χ2v) is 5.87. The lowest BCUT2D eigenvalue weighted by Crippen LogP contribution is -2.16. The predicted molar refractivity (Wildman–Crippen MR) is 90.0 cm³/mol. The Bertz CT molecular complexity index is 900. The van der Waals surface area contributed by atoms with Crippen LogP contribution in [0.1, 0.15) is 35.4 Å². The van der Waals surface area contributed by atoms with Crippen LogP contribution in [0.3, 0.4) is 0 Å². The third-order valence-electron chi connectivity index (χ3n) is 4.09. The summed E-state index contributed by atoms with van der Waals surface area (Å²) in [7, 11) is 1.28. The van der Waals surface area contributed by atoms with Crippen molar-refractivity contribution in [1.29, 1.82) is 0 Å².